The number of aromatic nitrogens is 3. The van der Waals surface area contributed by atoms with Gasteiger partial charge >= 0.3 is 0 Å². The summed E-state index contributed by atoms with van der Waals surface area (Å²) >= 11 is 2.08. The van der Waals surface area contributed by atoms with Gasteiger partial charge in [0.1, 0.15) is 11.3 Å². The molecular weight excluding hydrogens is 280 g/mol. The molecule has 2 aliphatic rings. The van der Waals surface area contributed by atoms with Crippen LogP contribution >= 0.6 is 11.8 Å². The summed E-state index contributed by atoms with van der Waals surface area (Å²) in [5.41, 5.74) is 2.16. The number of nitrogens with one attached hydrogen (secondary N) is 1. The highest BCUT2D eigenvalue weighted by atomic mass is 32.2. The van der Waals surface area contributed by atoms with Gasteiger partial charge in [0, 0.05) is 12.2 Å². The maximum Gasteiger partial charge on any atom is 0.160 e. The molecular formula is C16H22N4S. The van der Waals surface area contributed by atoms with Crippen molar-refractivity contribution in [1.82, 2.24) is 19.9 Å². The molecule has 2 aliphatic heterocycles. The van der Waals surface area contributed by atoms with Crippen molar-refractivity contribution in [2.24, 2.45) is 0 Å². The molecule has 2 aromatic heterocycles. The van der Waals surface area contributed by atoms with Crippen LogP contribution in [0.1, 0.15) is 49.2 Å². The van der Waals surface area contributed by atoms with Gasteiger partial charge in [0.2, 0.25) is 0 Å². The van der Waals surface area contributed by atoms with Crippen LogP contribution in [0, 0.1) is 0 Å². The zero-order valence-corrected chi connectivity index (χ0v) is 13.1. The van der Waals surface area contributed by atoms with Crippen LogP contribution in [0.25, 0.3) is 11.2 Å². The molecule has 2 saturated heterocycles. The van der Waals surface area contributed by atoms with Crippen LogP contribution in [-0.4, -0.2) is 33.4 Å². The zero-order valence-electron chi connectivity index (χ0n) is 12.3. The van der Waals surface area contributed by atoms with Crippen molar-refractivity contribution in [2.75, 3.05) is 18.8 Å². The summed E-state index contributed by atoms with van der Waals surface area (Å²) in [4.78, 5) is 9.61. The lowest BCUT2D eigenvalue weighted by Gasteiger charge is -2.29. The molecule has 112 valence electrons. The SMILES string of the molecule is c1cnc2c(c1)nc(C1CCCCS1)n2C1CCNCC1. The molecule has 0 saturated carbocycles. The third-order valence-corrected chi connectivity index (χ3v) is 5.99. The zero-order chi connectivity index (χ0) is 14.1. The Morgan fingerprint density at radius 3 is 2.90 bits per heavy atom. The van der Waals surface area contributed by atoms with Gasteiger partial charge in [-0.1, -0.05) is 6.42 Å². The Hall–Kier alpha value is -1.07. The Morgan fingerprint density at radius 2 is 2.10 bits per heavy atom. The van der Waals surface area contributed by atoms with Crippen LogP contribution in [0.2, 0.25) is 0 Å². The number of pyridine rings is 1. The van der Waals surface area contributed by atoms with Gasteiger partial charge in [-0.15, -0.1) is 0 Å². The Morgan fingerprint density at radius 1 is 1.19 bits per heavy atom. The average molecular weight is 302 g/mol. The number of imidazole rings is 1. The standard InChI is InChI=1S/C16H22N4S/c1-2-11-21-14(5-1)16-19-13-4-3-8-18-15(13)20(16)12-6-9-17-10-7-12/h3-4,8,12,14,17H,1-2,5-7,9-11H2. The van der Waals surface area contributed by atoms with Crippen LogP contribution in [0.3, 0.4) is 0 Å². The van der Waals surface area contributed by atoms with Gasteiger partial charge in [-0.3, -0.25) is 0 Å². The fraction of sp³-hybridized carbons (Fsp3) is 0.625. The van der Waals surface area contributed by atoms with Gasteiger partial charge in [-0.25, -0.2) is 9.97 Å². The average Bonchev–Trinajstić information content (AvgIpc) is 2.96. The highest BCUT2D eigenvalue weighted by Gasteiger charge is 2.27. The van der Waals surface area contributed by atoms with Gasteiger partial charge in [0.15, 0.2) is 5.65 Å². The van der Waals surface area contributed by atoms with Gasteiger partial charge in [0.25, 0.3) is 0 Å². The van der Waals surface area contributed by atoms with Crippen molar-refractivity contribution in [2.45, 2.75) is 43.4 Å². The minimum absolute atomic E-state index is 0.558. The molecule has 4 heterocycles. The van der Waals surface area contributed by atoms with E-state index in [1.54, 1.807) is 0 Å². The molecule has 0 radical (unpaired) electrons. The molecule has 4 nitrogen and oxygen atoms in total. The molecule has 1 atom stereocenters. The number of hydrogen-bond acceptors (Lipinski definition) is 4. The Labute approximate surface area is 129 Å². The van der Waals surface area contributed by atoms with Crippen molar-refractivity contribution in [3.8, 4) is 0 Å². The number of rotatable bonds is 2. The van der Waals surface area contributed by atoms with E-state index in [0.717, 1.165) is 24.3 Å². The molecule has 0 amide bonds. The molecule has 4 rings (SSSR count). The molecule has 0 aromatic carbocycles. The molecule has 1 unspecified atom stereocenters. The summed E-state index contributed by atoms with van der Waals surface area (Å²) in [6.45, 7) is 2.21. The third-order valence-electron chi connectivity index (χ3n) is 4.62. The molecule has 0 aliphatic carbocycles. The summed E-state index contributed by atoms with van der Waals surface area (Å²) < 4.78 is 2.47. The van der Waals surface area contributed by atoms with E-state index < -0.39 is 0 Å². The lowest BCUT2D eigenvalue weighted by atomic mass is 10.1. The van der Waals surface area contributed by atoms with E-state index in [1.807, 2.05) is 12.3 Å². The van der Waals surface area contributed by atoms with E-state index in [2.05, 4.69) is 32.7 Å². The van der Waals surface area contributed by atoms with E-state index in [9.17, 15) is 0 Å². The normalized spacial score (nSPS) is 24.5. The maximum atomic E-state index is 4.97. The molecule has 21 heavy (non-hydrogen) atoms. The third kappa shape index (κ3) is 2.57. The Balaban J connectivity index is 1.79. The van der Waals surface area contributed by atoms with Gasteiger partial charge in [0.05, 0.1) is 5.25 Å². The van der Waals surface area contributed by atoms with Crippen molar-refractivity contribution in [3.05, 3.63) is 24.2 Å². The van der Waals surface area contributed by atoms with E-state index in [-0.39, 0.29) is 0 Å². The van der Waals surface area contributed by atoms with Crippen LogP contribution in [-0.2, 0) is 0 Å². The van der Waals surface area contributed by atoms with Crippen molar-refractivity contribution in [3.63, 3.8) is 0 Å². The van der Waals surface area contributed by atoms with Crippen molar-refractivity contribution >= 4 is 22.9 Å². The second-order valence-corrected chi connectivity index (χ2v) is 7.33. The number of piperidine rings is 1. The summed E-state index contributed by atoms with van der Waals surface area (Å²) in [5.74, 6) is 2.55. The first-order valence-corrected chi connectivity index (χ1v) is 9.13. The smallest absolute Gasteiger partial charge is 0.160 e. The van der Waals surface area contributed by atoms with Gasteiger partial charge in [-0.2, -0.15) is 11.8 Å². The maximum absolute atomic E-state index is 4.97. The van der Waals surface area contributed by atoms with E-state index in [1.165, 1.54) is 43.7 Å². The second kappa shape index (κ2) is 5.97. The van der Waals surface area contributed by atoms with Crippen molar-refractivity contribution < 1.29 is 0 Å². The van der Waals surface area contributed by atoms with Crippen LogP contribution in [0.15, 0.2) is 18.3 Å². The quantitative estimate of drug-likeness (QED) is 0.924. The largest absolute Gasteiger partial charge is 0.317 e. The monoisotopic (exact) mass is 302 g/mol. The number of nitrogens with zero attached hydrogens (tertiary/aromatic N) is 3. The first kappa shape index (κ1) is 13.6. The number of fused-ring (bicyclic) bond motifs is 1. The predicted molar refractivity (Wildman–Crippen MR) is 87.7 cm³/mol. The summed E-state index contributed by atoms with van der Waals surface area (Å²) in [6, 6.07) is 4.67. The molecule has 0 bridgehead atoms. The molecule has 2 aromatic rings. The topological polar surface area (TPSA) is 42.7 Å². The van der Waals surface area contributed by atoms with E-state index in [4.69, 9.17) is 4.98 Å². The molecule has 5 heteroatoms. The highest BCUT2D eigenvalue weighted by molar-refractivity contribution is 7.99. The Kier molecular flexibility index (Phi) is 3.86. The predicted octanol–water partition coefficient (Wildman–Crippen LogP) is 3.31. The minimum atomic E-state index is 0.558. The van der Waals surface area contributed by atoms with Crippen LogP contribution < -0.4 is 5.32 Å². The molecule has 2 fully saturated rings. The molecule has 1 N–H and O–H groups in total. The lowest BCUT2D eigenvalue weighted by Crippen LogP contribution is -2.30. The summed E-state index contributed by atoms with van der Waals surface area (Å²) in [6.07, 6.45) is 8.23. The first-order valence-electron chi connectivity index (χ1n) is 8.08. The first-order chi connectivity index (χ1) is 10.4. The van der Waals surface area contributed by atoms with Crippen molar-refractivity contribution in [1.29, 1.82) is 0 Å². The molecule has 0 spiro atoms. The number of thioether (sulfide) groups is 1. The number of hydrogen-bond donors (Lipinski definition) is 1. The van der Waals surface area contributed by atoms with Gasteiger partial charge in [-0.05, 0) is 56.7 Å². The van der Waals surface area contributed by atoms with E-state index in [0.29, 0.717) is 11.3 Å². The fourth-order valence-corrected chi connectivity index (χ4v) is 4.85. The lowest BCUT2D eigenvalue weighted by molar-refractivity contribution is 0.363. The van der Waals surface area contributed by atoms with E-state index >= 15 is 0 Å². The fourth-order valence-electron chi connectivity index (χ4n) is 3.54. The Bertz CT molecular complexity index is 612. The van der Waals surface area contributed by atoms with Crippen LogP contribution in [0.4, 0.5) is 0 Å². The van der Waals surface area contributed by atoms with Gasteiger partial charge < -0.3 is 9.88 Å². The minimum Gasteiger partial charge on any atom is -0.317 e. The second-order valence-electron chi connectivity index (χ2n) is 6.02. The van der Waals surface area contributed by atoms with Crippen LogP contribution in [0.5, 0.6) is 0 Å². The highest BCUT2D eigenvalue weighted by Crippen LogP contribution is 2.40. The summed E-state index contributed by atoms with van der Waals surface area (Å²) in [5, 5.41) is 4.02. The summed E-state index contributed by atoms with van der Waals surface area (Å²) in [7, 11) is 0.